The van der Waals surface area contributed by atoms with Crippen LogP contribution in [0.2, 0.25) is 0 Å². The number of carbonyl (C=O) groups is 2. The molecule has 11 nitrogen and oxygen atoms in total. The zero-order valence-corrected chi connectivity index (χ0v) is 27.1. The number of piperidine rings is 1. The zero-order chi connectivity index (χ0) is 33.3. The smallest absolute Gasteiger partial charge is 0.414 e. The van der Waals surface area contributed by atoms with Crippen molar-refractivity contribution in [3.63, 3.8) is 0 Å². The number of hydrogen-bond acceptors (Lipinski definition) is 10. The number of carboxylic acids is 1. The van der Waals surface area contributed by atoms with Gasteiger partial charge in [0.1, 0.15) is 11.5 Å². The molecule has 0 aliphatic carbocycles. The average molecular weight is 667 g/mol. The fourth-order valence-corrected chi connectivity index (χ4v) is 6.58. The van der Waals surface area contributed by atoms with Crippen LogP contribution in [0.1, 0.15) is 67.0 Å². The molecule has 1 amide bonds. The van der Waals surface area contributed by atoms with Gasteiger partial charge in [0.15, 0.2) is 5.13 Å². The van der Waals surface area contributed by atoms with Crippen molar-refractivity contribution in [3.8, 4) is 0 Å². The van der Waals surface area contributed by atoms with Crippen molar-refractivity contribution in [1.29, 1.82) is 0 Å². The Hall–Kier alpha value is -3.40. The van der Waals surface area contributed by atoms with Gasteiger partial charge in [-0.2, -0.15) is 13.2 Å². The Balaban J connectivity index is 1.59. The Bertz CT molecular complexity index is 1390. The summed E-state index contributed by atoms with van der Waals surface area (Å²) >= 11 is 1.21. The number of nitrogens with one attached hydrogen (secondary N) is 1. The quantitative estimate of drug-likeness (QED) is 0.252. The second kappa shape index (κ2) is 16.4. The molecule has 252 valence electrons. The van der Waals surface area contributed by atoms with E-state index >= 15 is 0 Å². The largest absolute Gasteiger partial charge is 0.481 e. The van der Waals surface area contributed by atoms with Gasteiger partial charge < -0.3 is 19.5 Å². The molecule has 0 radical (unpaired) electrons. The van der Waals surface area contributed by atoms with E-state index in [0.29, 0.717) is 69.2 Å². The number of thiazole rings is 1. The minimum Gasteiger partial charge on any atom is -0.481 e. The van der Waals surface area contributed by atoms with E-state index in [1.807, 2.05) is 18.7 Å². The van der Waals surface area contributed by atoms with E-state index in [9.17, 15) is 27.9 Å². The maximum atomic E-state index is 13.9. The molecule has 0 saturated carbocycles. The van der Waals surface area contributed by atoms with Crippen molar-refractivity contribution < 1.29 is 37.3 Å². The lowest BCUT2D eigenvalue weighted by molar-refractivity contribution is -0.142. The molecule has 2 aliphatic rings. The highest BCUT2D eigenvalue weighted by Crippen LogP contribution is 2.35. The minimum atomic E-state index is -4.59. The third-order valence-electron chi connectivity index (χ3n) is 8.01. The molecule has 46 heavy (non-hydrogen) atoms. The van der Waals surface area contributed by atoms with Gasteiger partial charge in [-0.15, -0.1) is 0 Å². The molecule has 2 N–H and O–H groups in total. The second-order valence-electron chi connectivity index (χ2n) is 11.2. The highest BCUT2D eigenvalue weighted by molar-refractivity contribution is 7.16. The topological polar surface area (TPSA) is 130 Å². The molecule has 4 rings (SSSR count). The van der Waals surface area contributed by atoms with Gasteiger partial charge in [0, 0.05) is 44.3 Å². The van der Waals surface area contributed by atoms with Crippen LogP contribution >= 0.6 is 11.3 Å². The van der Waals surface area contributed by atoms with Crippen molar-refractivity contribution in [1.82, 2.24) is 19.9 Å². The van der Waals surface area contributed by atoms with Gasteiger partial charge in [-0.3, -0.25) is 19.8 Å². The number of allylic oxidation sites excluding steroid dienone is 3. The van der Waals surface area contributed by atoms with Crippen LogP contribution in [0, 0.1) is 5.92 Å². The summed E-state index contributed by atoms with van der Waals surface area (Å²) in [6.07, 6.45) is 4.38. The summed E-state index contributed by atoms with van der Waals surface area (Å²) < 4.78 is 52.1. The monoisotopic (exact) mass is 666 g/mol. The number of aliphatic carboxylic acids is 1. The lowest BCUT2D eigenvalue weighted by atomic mass is 9.97. The molecule has 2 aliphatic heterocycles. The van der Waals surface area contributed by atoms with Crippen LogP contribution in [0.15, 0.2) is 30.1 Å². The van der Waals surface area contributed by atoms with E-state index < -0.39 is 30.2 Å². The van der Waals surface area contributed by atoms with Crippen LogP contribution < -0.4 is 10.2 Å². The maximum Gasteiger partial charge on any atom is 0.414 e. The molecule has 15 heteroatoms. The fraction of sp³-hybridized carbons (Fsp3) is 0.581. The number of carbonyl (C=O) groups excluding carboxylic acids is 1. The van der Waals surface area contributed by atoms with Crippen molar-refractivity contribution >= 4 is 39.7 Å². The molecule has 2 aromatic heterocycles. The van der Waals surface area contributed by atoms with Gasteiger partial charge in [0.25, 0.3) is 5.91 Å². The lowest BCUT2D eigenvalue weighted by Gasteiger charge is -2.30. The number of aromatic nitrogens is 3. The van der Waals surface area contributed by atoms with Gasteiger partial charge in [0.05, 0.1) is 42.8 Å². The number of likely N-dealkylation sites (tertiary alicyclic amines) is 1. The Labute approximate surface area is 270 Å². The molecular weight excluding hydrogens is 625 g/mol. The molecule has 0 bridgehead atoms. The normalized spacial score (nSPS) is 18.7. The Morgan fingerprint density at radius 2 is 1.91 bits per heavy atom. The maximum absolute atomic E-state index is 13.9. The fourth-order valence-electron chi connectivity index (χ4n) is 5.58. The summed E-state index contributed by atoms with van der Waals surface area (Å²) in [7, 11) is 1.22. The number of ether oxygens (including phenoxy) is 2. The van der Waals surface area contributed by atoms with Crippen LogP contribution in [0.4, 0.5) is 24.1 Å². The molecule has 0 aromatic carbocycles. The van der Waals surface area contributed by atoms with Gasteiger partial charge >= 0.3 is 12.1 Å². The molecule has 2 saturated heterocycles. The van der Waals surface area contributed by atoms with Crippen LogP contribution in [0.25, 0.3) is 5.57 Å². The van der Waals surface area contributed by atoms with Crippen molar-refractivity contribution in [2.45, 2.75) is 64.7 Å². The minimum absolute atomic E-state index is 0.0439. The molecule has 1 unspecified atom stereocenters. The lowest BCUT2D eigenvalue weighted by Crippen LogP contribution is -2.36. The van der Waals surface area contributed by atoms with Crippen LogP contribution in [-0.4, -0.2) is 95.6 Å². The summed E-state index contributed by atoms with van der Waals surface area (Å²) in [6.45, 7) is 6.60. The van der Waals surface area contributed by atoms with Gasteiger partial charge in [-0.05, 0) is 57.2 Å². The number of alkyl halides is 3. The second-order valence-corrected chi connectivity index (χ2v) is 12.3. The number of anilines is 2. The summed E-state index contributed by atoms with van der Waals surface area (Å²) in [4.78, 5) is 42.6. The van der Waals surface area contributed by atoms with Gasteiger partial charge in [-0.25, -0.2) is 15.0 Å². The van der Waals surface area contributed by atoms with Crippen molar-refractivity contribution in [2.75, 3.05) is 56.8 Å². The van der Waals surface area contributed by atoms with E-state index in [2.05, 4.69) is 25.2 Å². The predicted molar refractivity (Wildman–Crippen MR) is 169 cm³/mol. The van der Waals surface area contributed by atoms with E-state index in [0.717, 1.165) is 30.3 Å². The molecule has 1 atom stereocenters. The highest BCUT2D eigenvalue weighted by atomic mass is 32.1. The summed E-state index contributed by atoms with van der Waals surface area (Å²) in [6, 6.07) is 0.171. The molecule has 4 heterocycles. The molecule has 0 spiro atoms. The number of rotatable bonds is 14. The predicted octanol–water partition coefficient (Wildman–Crippen LogP) is 5.42. The van der Waals surface area contributed by atoms with Gasteiger partial charge in [0.2, 0.25) is 0 Å². The number of nitrogens with zero attached hydrogens (tertiary/aromatic N) is 5. The standard InChI is InChI=1S/C31H41F3N6O5S/c1-4-7-21(14-22(18-44-3)31(32,33)34)27-25(17-40-11-6-8-23(40)19-45-5-2)46-30(37-27)38-28(41)24-15-36-26(16-35-24)39-12-9-20(10-13-39)29(42)43/h7,14-16,20,23H,4-6,8-13,17-19H2,1-3H3,(H,42,43)(H,37,38,41)/b21-7+,22-14+. The van der Waals surface area contributed by atoms with Crippen LogP contribution in [-0.2, 0) is 20.8 Å². The average Bonchev–Trinajstić information content (AvgIpc) is 3.65. The first kappa shape index (κ1) is 35.5. The number of halogens is 3. The first-order chi connectivity index (χ1) is 22.0. The third-order valence-corrected chi connectivity index (χ3v) is 8.96. The third kappa shape index (κ3) is 9.33. The number of amides is 1. The Morgan fingerprint density at radius 3 is 2.52 bits per heavy atom. The van der Waals surface area contributed by atoms with E-state index in [4.69, 9.17) is 9.47 Å². The van der Waals surface area contributed by atoms with Crippen molar-refractivity contribution in [2.24, 2.45) is 5.92 Å². The first-order valence-electron chi connectivity index (χ1n) is 15.4. The van der Waals surface area contributed by atoms with Crippen LogP contribution in [0.3, 0.4) is 0 Å². The van der Waals surface area contributed by atoms with E-state index in [1.165, 1.54) is 30.8 Å². The number of carboxylic acid groups (broad SMARTS) is 1. The van der Waals surface area contributed by atoms with Crippen molar-refractivity contribution in [3.05, 3.63) is 46.4 Å². The highest BCUT2D eigenvalue weighted by Gasteiger charge is 2.34. The van der Waals surface area contributed by atoms with Gasteiger partial charge in [-0.1, -0.05) is 24.3 Å². The zero-order valence-electron chi connectivity index (χ0n) is 26.3. The van der Waals surface area contributed by atoms with Crippen LogP contribution in [0.5, 0.6) is 0 Å². The molecule has 2 aromatic rings. The van der Waals surface area contributed by atoms with E-state index in [1.54, 1.807) is 6.08 Å². The number of methoxy groups -OCH3 is 1. The Kier molecular flexibility index (Phi) is 12.7. The Morgan fingerprint density at radius 1 is 1.15 bits per heavy atom. The van der Waals surface area contributed by atoms with E-state index in [-0.39, 0.29) is 22.8 Å². The number of hydrogen-bond donors (Lipinski definition) is 2. The molecule has 2 fully saturated rings. The summed E-state index contributed by atoms with van der Waals surface area (Å²) in [5, 5.41) is 12.2. The first-order valence-corrected chi connectivity index (χ1v) is 16.2. The summed E-state index contributed by atoms with van der Waals surface area (Å²) in [5.74, 6) is -1.20. The SMILES string of the molecule is CC/C=C(\C=C(/COC)C(F)(F)F)c1nc(NC(=O)c2cnc(N3CCC(C(=O)O)CC3)cn2)sc1CN1CCCC1COCC. The summed E-state index contributed by atoms with van der Waals surface area (Å²) in [5.41, 5.74) is -0.122. The molecular formula is C31H41F3N6O5S.